The van der Waals surface area contributed by atoms with Gasteiger partial charge in [-0.25, -0.2) is 8.42 Å². The summed E-state index contributed by atoms with van der Waals surface area (Å²) in [6.07, 6.45) is 2.41. The summed E-state index contributed by atoms with van der Waals surface area (Å²) in [5.74, 6) is -0.578. The summed E-state index contributed by atoms with van der Waals surface area (Å²) in [6, 6.07) is 14.9. The lowest BCUT2D eigenvalue weighted by molar-refractivity contribution is -0.118. The molecule has 0 unspecified atom stereocenters. The SMILES string of the molecule is CC(C)[C@H](NS(=O)(=O)c1ccccc1)C(=O)Nc1ccc(N2CCCC2)cc1. The Hall–Kier alpha value is -2.38. The highest BCUT2D eigenvalue weighted by atomic mass is 32.2. The average Bonchev–Trinajstić information content (AvgIpc) is 3.22. The predicted octanol–water partition coefficient (Wildman–Crippen LogP) is 3.23. The van der Waals surface area contributed by atoms with Gasteiger partial charge in [0.15, 0.2) is 0 Å². The van der Waals surface area contributed by atoms with Crippen LogP contribution in [-0.2, 0) is 14.8 Å². The molecule has 1 aliphatic heterocycles. The standard InChI is InChI=1S/C21H27N3O3S/c1-16(2)20(23-28(26,27)19-8-4-3-5-9-19)21(25)22-17-10-12-18(13-11-17)24-14-6-7-15-24/h3-5,8-13,16,20,23H,6-7,14-15H2,1-2H3,(H,22,25)/t20-/m0/s1. The molecule has 0 aromatic heterocycles. The van der Waals surface area contributed by atoms with Gasteiger partial charge in [-0.3, -0.25) is 4.79 Å². The zero-order valence-corrected chi connectivity index (χ0v) is 17.1. The smallest absolute Gasteiger partial charge is 0.242 e. The van der Waals surface area contributed by atoms with Crippen LogP contribution in [0.1, 0.15) is 26.7 Å². The zero-order chi connectivity index (χ0) is 20.1. The fourth-order valence-electron chi connectivity index (χ4n) is 3.28. The molecule has 0 aliphatic carbocycles. The molecular weight excluding hydrogens is 374 g/mol. The van der Waals surface area contributed by atoms with E-state index in [1.807, 2.05) is 38.1 Å². The van der Waals surface area contributed by atoms with Crippen LogP contribution >= 0.6 is 0 Å². The fourth-order valence-corrected chi connectivity index (χ4v) is 4.64. The lowest BCUT2D eigenvalue weighted by Crippen LogP contribution is -2.47. The Morgan fingerprint density at radius 2 is 1.57 bits per heavy atom. The molecule has 1 heterocycles. The van der Waals surface area contributed by atoms with Crippen LogP contribution in [0.2, 0.25) is 0 Å². The lowest BCUT2D eigenvalue weighted by atomic mass is 10.0. The zero-order valence-electron chi connectivity index (χ0n) is 16.3. The van der Waals surface area contributed by atoms with Gasteiger partial charge in [0.25, 0.3) is 0 Å². The van der Waals surface area contributed by atoms with Crippen LogP contribution in [0.3, 0.4) is 0 Å². The van der Waals surface area contributed by atoms with E-state index >= 15 is 0 Å². The molecule has 3 rings (SSSR count). The van der Waals surface area contributed by atoms with Gasteiger partial charge in [0.1, 0.15) is 6.04 Å². The molecule has 1 amide bonds. The van der Waals surface area contributed by atoms with Gasteiger partial charge in [0, 0.05) is 24.5 Å². The van der Waals surface area contributed by atoms with E-state index in [1.54, 1.807) is 18.2 Å². The molecule has 0 spiro atoms. The van der Waals surface area contributed by atoms with E-state index < -0.39 is 16.1 Å². The van der Waals surface area contributed by atoms with Crippen molar-refractivity contribution in [3.05, 3.63) is 54.6 Å². The number of benzene rings is 2. The van der Waals surface area contributed by atoms with E-state index in [2.05, 4.69) is 14.9 Å². The van der Waals surface area contributed by atoms with Crippen LogP contribution in [-0.4, -0.2) is 33.5 Å². The molecule has 2 N–H and O–H groups in total. The van der Waals surface area contributed by atoms with Crippen molar-refractivity contribution in [1.29, 1.82) is 0 Å². The Balaban J connectivity index is 1.69. The molecule has 2 aromatic carbocycles. The molecule has 1 aliphatic rings. The summed E-state index contributed by atoms with van der Waals surface area (Å²) >= 11 is 0. The maximum absolute atomic E-state index is 12.8. The molecular formula is C21H27N3O3S. The van der Waals surface area contributed by atoms with Crippen LogP contribution < -0.4 is 14.9 Å². The topological polar surface area (TPSA) is 78.5 Å². The molecule has 1 atom stereocenters. The van der Waals surface area contributed by atoms with Crippen molar-refractivity contribution in [3.63, 3.8) is 0 Å². The molecule has 150 valence electrons. The lowest BCUT2D eigenvalue weighted by Gasteiger charge is -2.22. The van der Waals surface area contributed by atoms with E-state index in [1.165, 1.54) is 25.0 Å². The molecule has 1 fully saturated rings. The monoisotopic (exact) mass is 401 g/mol. The van der Waals surface area contributed by atoms with Crippen LogP contribution in [0.4, 0.5) is 11.4 Å². The van der Waals surface area contributed by atoms with E-state index in [9.17, 15) is 13.2 Å². The molecule has 2 aromatic rings. The third kappa shape index (κ3) is 4.91. The van der Waals surface area contributed by atoms with E-state index in [4.69, 9.17) is 0 Å². The quantitative estimate of drug-likeness (QED) is 0.747. The number of amides is 1. The number of sulfonamides is 1. The van der Waals surface area contributed by atoms with Gasteiger partial charge in [0.2, 0.25) is 15.9 Å². The predicted molar refractivity (Wildman–Crippen MR) is 112 cm³/mol. The Morgan fingerprint density at radius 1 is 0.964 bits per heavy atom. The Bertz CT molecular complexity index is 890. The molecule has 6 nitrogen and oxygen atoms in total. The van der Waals surface area contributed by atoms with Crippen LogP contribution in [0, 0.1) is 5.92 Å². The van der Waals surface area contributed by atoms with Crippen molar-refractivity contribution in [2.45, 2.75) is 37.6 Å². The first kappa shape index (κ1) is 20.4. The first-order chi connectivity index (χ1) is 13.4. The summed E-state index contributed by atoms with van der Waals surface area (Å²) < 4.78 is 27.7. The number of carbonyl (C=O) groups is 1. The summed E-state index contributed by atoms with van der Waals surface area (Å²) in [4.78, 5) is 15.2. The van der Waals surface area contributed by atoms with Gasteiger partial charge in [-0.1, -0.05) is 32.0 Å². The van der Waals surface area contributed by atoms with Gasteiger partial charge >= 0.3 is 0 Å². The van der Waals surface area contributed by atoms with Crippen molar-refractivity contribution in [1.82, 2.24) is 4.72 Å². The maximum Gasteiger partial charge on any atom is 0.242 e. The number of nitrogens with one attached hydrogen (secondary N) is 2. The van der Waals surface area contributed by atoms with Crippen molar-refractivity contribution in [3.8, 4) is 0 Å². The molecule has 1 saturated heterocycles. The van der Waals surface area contributed by atoms with E-state index in [-0.39, 0.29) is 16.7 Å². The molecule has 7 heteroatoms. The van der Waals surface area contributed by atoms with E-state index in [0.717, 1.165) is 18.8 Å². The van der Waals surface area contributed by atoms with Gasteiger partial charge in [0.05, 0.1) is 4.90 Å². The molecule has 28 heavy (non-hydrogen) atoms. The van der Waals surface area contributed by atoms with Gasteiger partial charge in [-0.2, -0.15) is 4.72 Å². The summed E-state index contributed by atoms with van der Waals surface area (Å²) in [5, 5.41) is 2.83. The van der Waals surface area contributed by atoms with Crippen molar-refractivity contribution in [2.75, 3.05) is 23.3 Å². The number of rotatable bonds is 7. The first-order valence-electron chi connectivity index (χ1n) is 9.60. The number of anilines is 2. The number of carbonyl (C=O) groups excluding carboxylic acids is 1. The second kappa shape index (κ2) is 8.75. The average molecular weight is 402 g/mol. The summed E-state index contributed by atoms with van der Waals surface area (Å²) in [7, 11) is -3.78. The summed E-state index contributed by atoms with van der Waals surface area (Å²) in [6.45, 7) is 5.74. The van der Waals surface area contributed by atoms with Crippen molar-refractivity contribution in [2.24, 2.45) is 5.92 Å². The second-order valence-corrected chi connectivity index (χ2v) is 9.10. The highest BCUT2D eigenvalue weighted by Gasteiger charge is 2.28. The largest absolute Gasteiger partial charge is 0.372 e. The molecule has 0 bridgehead atoms. The van der Waals surface area contributed by atoms with Crippen molar-refractivity contribution < 1.29 is 13.2 Å². The van der Waals surface area contributed by atoms with Crippen molar-refractivity contribution >= 4 is 27.3 Å². The normalized spacial score (nSPS) is 15.6. The van der Waals surface area contributed by atoms with Crippen LogP contribution in [0.5, 0.6) is 0 Å². The van der Waals surface area contributed by atoms with Crippen LogP contribution in [0.15, 0.2) is 59.5 Å². The Kier molecular flexibility index (Phi) is 6.36. The highest BCUT2D eigenvalue weighted by molar-refractivity contribution is 7.89. The fraction of sp³-hybridized carbons (Fsp3) is 0.381. The Labute approximate surface area is 167 Å². The molecule has 0 saturated carbocycles. The van der Waals surface area contributed by atoms with Gasteiger partial charge in [-0.15, -0.1) is 0 Å². The number of hydrogen-bond donors (Lipinski definition) is 2. The Morgan fingerprint density at radius 3 is 2.14 bits per heavy atom. The van der Waals surface area contributed by atoms with Gasteiger partial charge in [-0.05, 0) is 55.2 Å². The summed E-state index contributed by atoms with van der Waals surface area (Å²) in [5.41, 5.74) is 1.79. The minimum absolute atomic E-state index is 0.142. The minimum atomic E-state index is -3.78. The maximum atomic E-state index is 12.8. The third-order valence-corrected chi connectivity index (χ3v) is 6.35. The number of nitrogens with zero attached hydrogens (tertiary/aromatic N) is 1. The number of hydrogen-bond acceptors (Lipinski definition) is 4. The third-order valence-electron chi connectivity index (χ3n) is 4.89. The first-order valence-corrected chi connectivity index (χ1v) is 11.1. The van der Waals surface area contributed by atoms with Crippen LogP contribution in [0.25, 0.3) is 0 Å². The second-order valence-electron chi connectivity index (χ2n) is 7.39. The van der Waals surface area contributed by atoms with Gasteiger partial charge < -0.3 is 10.2 Å². The molecule has 0 radical (unpaired) electrons. The minimum Gasteiger partial charge on any atom is -0.372 e. The highest BCUT2D eigenvalue weighted by Crippen LogP contribution is 2.22. The van der Waals surface area contributed by atoms with E-state index in [0.29, 0.717) is 5.69 Å².